The second-order valence-corrected chi connectivity index (χ2v) is 5.06. The van der Waals surface area contributed by atoms with Gasteiger partial charge in [0.1, 0.15) is 5.82 Å². The van der Waals surface area contributed by atoms with Crippen LogP contribution in [0.25, 0.3) is 11.0 Å². The Labute approximate surface area is 102 Å². The van der Waals surface area contributed by atoms with Gasteiger partial charge in [0.25, 0.3) is 0 Å². The van der Waals surface area contributed by atoms with E-state index in [-0.39, 0.29) is 0 Å². The Morgan fingerprint density at radius 1 is 1.41 bits per heavy atom. The van der Waals surface area contributed by atoms with Gasteiger partial charge in [-0.05, 0) is 37.5 Å². The maximum absolute atomic E-state index is 4.69. The van der Waals surface area contributed by atoms with Gasteiger partial charge < -0.3 is 9.88 Å². The number of aromatic nitrogens is 2. The maximum Gasteiger partial charge on any atom is 0.110 e. The van der Waals surface area contributed by atoms with E-state index in [1.54, 1.807) is 0 Å². The Kier molecular flexibility index (Phi) is 2.63. The van der Waals surface area contributed by atoms with Crippen molar-refractivity contribution in [3.8, 4) is 0 Å². The summed E-state index contributed by atoms with van der Waals surface area (Å²) < 4.78 is 2.22. The highest BCUT2D eigenvalue weighted by molar-refractivity contribution is 5.76. The lowest BCUT2D eigenvalue weighted by atomic mass is 10.2. The molecule has 3 rings (SSSR count). The Morgan fingerprint density at radius 3 is 3.00 bits per heavy atom. The summed E-state index contributed by atoms with van der Waals surface area (Å²) >= 11 is 0. The van der Waals surface area contributed by atoms with Gasteiger partial charge in [0.05, 0.1) is 11.0 Å². The highest BCUT2D eigenvalue weighted by Gasteiger charge is 2.20. The summed E-state index contributed by atoms with van der Waals surface area (Å²) in [5.74, 6) is 1.18. The van der Waals surface area contributed by atoms with Gasteiger partial charge in [0.15, 0.2) is 0 Å². The number of aryl methyl sites for hydroxylation is 2. The molecule has 1 heterocycles. The molecular weight excluding hydrogens is 210 g/mol. The topological polar surface area (TPSA) is 29.9 Å². The molecular formula is C14H19N3. The molecule has 0 aliphatic heterocycles. The molecule has 3 nitrogen and oxygen atoms in total. The van der Waals surface area contributed by atoms with Crippen molar-refractivity contribution in [3.63, 3.8) is 0 Å². The van der Waals surface area contributed by atoms with Crippen LogP contribution in [0.5, 0.6) is 0 Å². The zero-order valence-electron chi connectivity index (χ0n) is 10.5. The average molecular weight is 229 g/mol. The number of hydrogen-bond donors (Lipinski definition) is 1. The molecule has 1 aromatic heterocycles. The third-order valence-electron chi connectivity index (χ3n) is 3.49. The van der Waals surface area contributed by atoms with Crippen molar-refractivity contribution in [2.45, 2.75) is 32.2 Å². The number of imidazole rings is 1. The molecule has 1 aromatic carbocycles. The molecule has 0 radical (unpaired) electrons. The van der Waals surface area contributed by atoms with E-state index in [2.05, 4.69) is 42.1 Å². The minimum atomic E-state index is 0.784. The minimum absolute atomic E-state index is 0.784. The lowest BCUT2D eigenvalue weighted by Gasteiger charge is -2.03. The number of hydrogen-bond acceptors (Lipinski definition) is 2. The fraction of sp³-hybridized carbons (Fsp3) is 0.500. The van der Waals surface area contributed by atoms with Gasteiger partial charge in [0, 0.05) is 26.1 Å². The standard InChI is InChI=1S/C14H19N3/c1-10-3-6-12-13(9-10)17(2)14(16-12)7-8-15-11-4-5-11/h3,6,9,11,15H,4-5,7-8H2,1-2H3. The lowest BCUT2D eigenvalue weighted by molar-refractivity contribution is 0.654. The van der Waals surface area contributed by atoms with Gasteiger partial charge in [-0.2, -0.15) is 0 Å². The summed E-state index contributed by atoms with van der Waals surface area (Å²) in [5, 5.41) is 3.53. The predicted octanol–water partition coefficient (Wildman–Crippen LogP) is 2.18. The number of fused-ring (bicyclic) bond motifs is 1. The van der Waals surface area contributed by atoms with E-state index in [4.69, 9.17) is 4.98 Å². The van der Waals surface area contributed by atoms with Crippen LogP contribution < -0.4 is 5.32 Å². The molecule has 1 aliphatic rings. The van der Waals surface area contributed by atoms with E-state index in [1.807, 2.05) is 0 Å². The molecule has 0 bridgehead atoms. The van der Waals surface area contributed by atoms with E-state index in [1.165, 1.54) is 29.7 Å². The van der Waals surface area contributed by atoms with Crippen molar-refractivity contribution in [3.05, 3.63) is 29.6 Å². The van der Waals surface area contributed by atoms with E-state index in [0.29, 0.717) is 0 Å². The Bertz CT molecular complexity index is 538. The first-order valence-corrected chi connectivity index (χ1v) is 6.39. The summed E-state index contributed by atoms with van der Waals surface area (Å²) in [6.45, 7) is 3.17. The van der Waals surface area contributed by atoms with Crippen molar-refractivity contribution in [1.29, 1.82) is 0 Å². The van der Waals surface area contributed by atoms with E-state index in [9.17, 15) is 0 Å². The number of benzene rings is 1. The summed E-state index contributed by atoms with van der Waals surface area (Å²) in [7, 11) is 2.11. The van der Waals surface area contributed by atoms with Crippen LogP contribution in [-0.4, -0.2) is 22.1 Å². The zero-order chi connectivity index (χ0) is 11.8. The van der Waals surface area contributed by atoms with Crippen LogP contribution in [0.2, 0.25) is 0 Å². The molecule has 3 heteroatoms. The van der Waals surface area contributed by atoms with E-state index in [0.717, 1.165) is 24.5 Å². The van der Waals surface area contributed by atoms with Gasteiger partial charge >= 0.3 is 0 Å². The molecule has 90 valence electrons. The third kappa shape index (κ3) is 2.20. The van der Waals surface area contributed by atoms with Crippen LogP contribution in [0, 0.1) is 6.92 Å². The van der Waals surface area contributed by atoms with Crippen LogP contribution in [0.1, 0.15) is 24.2 Å². The Balaban J connectivity index is 1.80. The summed E-state index contributed by atoms with van der Waals surface area (Å²) in [5.41, 5.74) is 3.65. The van der Waals surface area contributed by atoms with Crippen molar-refractivity contribution in [2.24, 2.45) is 7.05 Å². The first kappa shape index (κ1) is 10.8. The van der Waals surface area contributed by atoms with Crippen LogP contribution >= 0.6 is 0 Å². The molecule has 1 fully saturated rings. The fourth-order valence-electron chi connectivity index (χ4n) is 2.25. The van der Waals surface area contributed by atoms with Crippen molar-refractivity contribution < 1.29 is 0 Å². The van der Waals surface area contributed by atoms with E-state index >= 15 is 0 Å². The molecule has 0 unspecified atom stereocenters. The fourth-order valence-corrected chi connectivity index (χ4v) is 2.25. The first-order chi connectivity index (χ1) is 8.24. The van der Waals surface area contributed by atoms with Gasteiger partial charge in [0.2, 0.25) is 0 Å². The van der Waals surface area contributed by atoms with E-state index < -0.39 is 0 Å². The third-order valence-corrected chi connectivity index (χ3v) is 3.49. The van der Waals surface area contributed by atoms with Crippen LogP contribution in [0.15, 0.2) is 18.2 Å². The van der Waals surface area contributed by atoms with Crippen LogP contribution in [-0.2, 0) is 13.5 Å². The molecule has 1 aliphatic carbocycles. The Hall–Kier alpha value is -1.35. The largest absolute Gasteiger partial charge is 0.331 e. The predicted molar refractivity (Wildman–Crippen MR) is 70.2 cm³/mol. The second-order valence-electron chi connectivity index (χ2n) is 5.06. The number of nitrogens with zero attached hydrogens (tertiary/aromatic N) is 2. The smallest absolute Gasteiger partial charge is 0.110 e. The van der Waals surface area contributed by atoms with Crippen molar-refractivity contribution >= 4 is 11.0 Å². The van der Waals surface area contributed by atoms with Crippen LogP contribution in [0.3, 0.4) is 0 Å². The second kappa shape index (κ2) is 4.15. The molecule has 0 amide bonds. The average Bonchev–Trinajstić information content (AvgIpc) is 3.08. The molecule has 1 N–H and O–H groups in total. The van der Waals surface area contributed by atoms with Crippen molar-refractivity contribution in [2.75, 3.05) is 6.54 Å². The van der Waals surface area contributed by atoms with Gasteiger partial charge in [-0.1, -0.05) is 6.07 Å². The zero-order valence-corrected chi connectivity index (χ0v) is 10.5. The molecule has 0 saturated heterocycles. The number of nitrogens with one attached hydrogen (secondary N) is 1. The first-order valence-electron chi connectivity index (χ1n) is 6.39. The van der Waals surface area contributed by atoms with Gasteiger partial charge in [-0.15, -0.1) is 0 Å². The lowest BCUT2D eigenvalue weighted by Crippen LogP contribution is -2.20. The maximum atomic E-state index is 4.69. The molecule has 1 saturated carbocycles. The molecule has 0 atom stereocenters. The quantitative estimate of drug-likeness (QED) is 0.871. The van der Waals surface area contributed by atoms with Gasteiger partial charge in [-0.3, -0.25) is 0 Å². The number of rotatable bonds is 4. The highest BCUT2D eigenvalue weighted by Crippen LogP contribution is 2.19. The SMILES string of the molecule is Cc1ccc2nc(CCNC3CC3)n(C)c2c1. The summed E-state index contributed by atoms with van der Waals surface area (Å²) in [6, 6.07) is 7.23. The Morgan fingerprint density at radius 2 is 2.24 bits per heavy atom. The van der Waals surface area contributed by atoms with Crippen LogP contribution in [0.4, 0.5) is 0 Å². The van der Waals surface area contributed by atoms with Crippen molar-refractivity contribution in [1.82, 2.24) is 14.9 Å². The molecule has 2 aromatic rings. The highest BCUT2D eigenvalue weighted by atomic mass is 15.1. The molecule has 0 spiro atoms. The summed E-state index contributed by atoms with van der Waals surface area (Å²) in [6.07, 6.45) is 3.71. The summed E-state index contributed by atoms with van der Waals surface area (Å²) in [4.78, 5) is 4.69. The minimum Gasteiger partial charge on any atom is -0.331 e. The molecule has 17 heavy (non-hydrogen) atoms. The van der Waals surface area contributed by atoms with Gasteiger partial charge in [-0.25, -0.2) is 4.98 Å². The monoisotopic (exact) mass is 229 g/mol. The normalized spacial score (nSPS) is 15.6.